The second-order valence-electron chi connectivity index (χ2n) is 2.03. The van der Waals surface area contributed by atoms with Crippen molar-refractivity contribution in [2.24, 2.45) is 0 Å². The fourth-order valence-electron chi connectivity index (χ4n) is 0.805. The minimum Gasteiger partial charge on any atom is -0.345 e. The van der Waals surface area contributed by atoms with Crippen molar-refractivity contribution in [1.29, 1.82) is 0 Å². The van der Waals surface area contributed by atoms with Crippen molar-refractivity contribution >= 4 is 0 Å². The monoisotopic (exact) mass is 147 g/mol. The average molecular weight is 147 g/mol. The van der Waals surface area contributed by atoms with Crippen LogP contribution in [0.3, 0.4) is 0 Å². The van der Waals surface area contributed by atoms with Crippen LogP contribution in [0, 0.1) is 0 Å². The van der Waals surface area contributed by atoms with Gasteiger partial charge in [0.25, 0.3) is 0 Å². The van der Waals surface area contributed by atoms with Crippen LogP contribution >= 0.6 is 0 Å². The number of nitrogens with zero attached hydrogens (tertiary/aromatic N) is 3. The van der Waals surface area contributed by atoms with Crippen LogP contribution in [0.25, 0.3) is 11.3 Å². The van der Waals surface area contributed by atoms with Gasteiger partial charge in [-0.05, 0) is 12.1 Å². The minimum atomic E-state index is 0.707. The van der Waals surface area contributed by atoms with Crippen molar-refractivity contribution in [2.45, 2.75) is 0 Å². The summed E-state index contributed by atoms with van der Waals surface area (Å²) >= 11 is 0. The van der Waals surface area contributed by atoms with E-state index in [-0.39, 0.29) is 0 Å². The van der Waals surface area contributed by atoms with Gasteiger partial charge in [0, 0.05) is 23.2 Å². The predicted octanol–water partition coefficient (Wildman–Crippen LogP) is 1.13. The normalized spacial score (nSPS) is 9.82. The van der Waals surface area contributed by atoms with E-state index in [1.54, 1.807) is 12.4 Å². The van der Waals surface area contributed by atoms with Crippen molar-refractivity contribution in [2.75, 3.05) is 0 Å². The van der Waals surface area contributed by atoms with Crippen molar-refractivity contribution in [1.82, 2.24) is 15.4 Å². The molecule has 4 heteroatoms. The number of rotatable bonds is 1. The zero-order chi connectivity index (χ0) is 7.52. The van der Waals surface area contributed by atoms with Crippen molar-refractivity contribution in [3.05, 3.63) is 30.8 Å². The molecule has 0 aliphatic rings. The lowest BCUT2D eigenvalue weighted by Gasteiger charge is -1.89. The fourth-order valence-corrected chi connectivity index (χ4v) is 0.805. The van der Waals surface area contributed by atoms with E-state index in [9.17, 15) is 0 Å². The van der Waals surface area contributed by atoms with E-state index in [1.165, 1.54) is 6.26 Å². The van der Waals surface area contributed by atoms with E-state index in [0.717, 1.165) is 5.56 Å². The third-order valence-electron chi connectivity index (χ3n) is 1.32. The van der Waals surface area contributed by atoms with Gasteiger partial charge in [-0.25, -0.2) is 0 Å². The lowest BCUT2D eigenvalue weighted by molar-refractivity contribution is 0.393. The lowest BCUT2D eigenvalue weighted by atomic mass is 10.2. The summed E-state index contributed by atoms with van der Waals surface area (Å²) in [5.74, 6) is 0. The van der Waals surface area contributed by atoms with Gasteiger partial charge in [0.05, 0.1) is 0 Å². The van der Waals surface area contributed by atoms with Gasteiger partial charge in [0.2, 0.25) is 0 Å². The highest BCUT2D eigenvalue weighted by Crippen LogP contribution is 2.12. The Hall–Kier alpha value is -1.71. The van der Waals surface area contributed by atoms with Crippen LogP contribution in [0.2, 0.25) is 0 Å². The molecule has 0 aromatic carbocycles. The minimum absolute atomic E-state index is 0.707. The molecule has 11 heavy (non-hydrogen) atoms. The number of hydrogen-bond acceptors (Lipinski definition) is 4. The van der Waals surface area contributed by atoms with Gasteiger partial charge in [0.1, 0.15) is 5.69 Å². The van der Waals surface area contributed by atoms with Gasteiger partial charge in [-0.2, -0.15) is 0 Å². The third kappa shape index (κ3) is 1.10. The van der Waals surface area contributed by atoms with Crippen LogP contribution < -0.4 is 0 Å². The second kappa shape index (κ2) is 2.49. The maximum atomic E-state index is 4.58. The van der Waals surface area contributed by atoms with Crippen LogP contribution in [-0.4, -0.2) is 15.4 Å². The van der Waals surface area contributed by atoms with Crippen molar-refractivity contribution < 1.29 is 4.52 Å². The van der Waals surface area contributed by atoms with E-state index < -0.39 is 0 Å². The average Bonchev–Trinajstić information content (AvgIpc) is 2.58. The number of hydrogen-bond donors (Lipinski definition) is 0. The number of pyridine rings is 1. The molecule has 0 N–H and O–H groups in total. The summed E-state index contributed by atoms with van der Waals surface area (Å²) in [6.07, 6.45) is 4.90. The third-order valence-corrected chi connectivity index (χ3v) is 1.32. The quantitative estimate of drug-likeness (QED) is 0.606. The van der Waals surface area contributed by atoms with Gasteiger partial charge >= 0.3 is 0 Å². The second-order valence-corrected chi connectivity index (χ2v) is 2.03. The zero-order valence-electron chi connectivity index (χ0n) is 5.64. The maximum Gasteiger partial charge on any atom is 0.152 e. The molecule has 54 valence electrons. The summed E-state index contributed by atoms with van der Waals surface area (Å²) in [7, 11) is 0. The van der Waals surface area contributed by atoms with Gasteiger partial charge in [-0.3, -0.25) is 4.98 Å². The van der Waals surface area contributed by atoms with Crippen LogP contribution in [0.5, 0.6) is 0 Å². The Balaban J connectivity index is 2.46. The highest BCUT2D eigenvalue weighted by Gasteiger charge is 1.99. The van der Waals surface area contributed by atoms with Gasteiger partial charge in [0.15, 0.2) is 6.26 Å². The van der Waals surface area contributed by atoms with Gasteiger partial charge in [-0.1, -0.05) is 0 Å². The van der Waals surface area contributed by atoms with Crippen LogP contribution in [0.15, 0.2) is 35.3 Å². The molecule has 0 saturated heterocycles. The van der Waals surface area contributed by atoms with Crippen LogP contribution in [0.1, 0.15) is 0 Å². The molecule has 0 spiro atoms. The Kier molecular flexibility index (Phi) is 1.37. The summed E-state index contributed by atoms with van der Waals surface area (Å²) in [4.78, 5) is 3.93. The maximum absolute atomic E-state index is 4.58. The molecule has 2 aromatic heterocycles. The molecule has 0 amide bonds. The van der Waals surface area contributed by atoms with Crippen LogP contribution in [0.4, 0.5) is 0 Å². The Morgan fingerprint density at radius 1 is 1.36 bits per heavy atom. The van der Waals surface area contributed by atoms with E-state index in [1.807, 2.05) is 12.1 Å². The van der Waals surface area contributed by atoms with E-state index >= 15 is 0 Å². The Morgan fingerprint density at radius 3 is 3.00 bits per heavy atom. The first-order valence-corrected chi connectivity index (χ1v) is 3.14. The Labute approximate surface area is 62.9 Å². The molecule has 0 bridgehead atoms. The zero-order valence-corrected chi connectivity index (χ0v) is 5.64. The summed E-state index contributed by atoms with van der Waals surface area (Å²) in [6.45, 7) is 0. The Bertz CT molecular complexity index is 317. The van der Waals surface area contributed by atoms with E-state index in [4.69, 9.17) is 0 Å². The fraction of sp³-hybridized carbons (Fsp3) is 0. The molecule has 4 nitrogen and oxygen atoms in total. The van der Waals surface area contributed by atoms with E-state index in [0.29, 0.717) is 5.69 Å². The first kappa shape index (κ1) is 6.03. The molecule has 2 rings (SSSR count). The molecular formula is C7H5N3O. The van der Waals surface area contributed by atoms with Crippen molar-refractivity contribution in [3.8, 4) is 11.3 Å². The molecule has 0 aliphatic heterocycles. The molecule has 2 heterocycles. The SMILES string of the molecule is c1cncc(-c2conn2)c1. The van der Waals surface area contributed by atoms with E-state index in [2.05, 4.69) is 19.9 Å². The Morgan fingerprint density at radius 2 is 2.36 bits per heavy atom. The first-order chi connectivity index (χ1) is 5.47. The van der Waals surface area contributed by atoms with Gasteiger partial charge < -0.3 is 4.52 Å². The summed E-state index contributed by atoms with van der Waals surface area (Å²) in [6, 6.07) is 3.73. The summed E-state index contributed by atoms with van der Waals surface area (Å²) in [5.41, 5.74) is 1.62. The smallest absolute Gasteiger partial charge is 0.152 e. The summed E-state index contributed by atoms with van der Waals surface area (Å²) < 4.78 is 4.58. The molecule has 0 fully saturated rings. The molecule has 0 radical (unpaired) electrons. The van der Waals surface area contributed by atoms with Gasteiger partial charge in [-0.15, -0.1) is 5.10 Å². The molecule has 0 unspecified atom stereocenters. The highest BCUT2D eigenvalue weighted by atomic mass is 16.5. The lowest BCUT2D eigenvalue weighted by Crippen LogP contribution is -1.77. The largest absolute Gasteiger partial charge is 0.345 e. The molecule has 0 aliphatic carbocycles. The first-order valence-electron chi connectivity index (χ1n) is 3.14. The topological polar surface area (TPSA) is 51.8 Å². The number of aromatic nitrogens is 3. The standard InChI is InChI=1S/C7H5N3O/c1-2-6(4-8-3-1)7-5-11-10-9-7/h1-5H. The summed E-state index contributed by atoms with van der Waals surface area (Å²) in [5, 5.41) is 7.08. The predicted molar refractivity (Wildman–Crippen MR) is 37.5 cm³/mol. The molecule has 0 saturated carbocycles. The van der Waals surface area contributed by atoms with Crippen molar-refractivity contribution in [3.63, 3.8) is 0 Å². The molecule has 0 atom stereocenters. The molecule has 2 aromatic rings. The molecular weight excluding hydrogens is 142 g/mol. The highest BCUT2D eigenvalue weighted by molar-refractivity contribution is 5.54. The van der Waals surface area contributed by atoms with Crippen LogP contribution in [-0.2, 0) is 0 Å².